The first kappa shape index (κ1) is 15.9. The van der Waals surface area contributed by atoms with Crippen LogP contribution in [0.3, 0.4) is 0 Å². The van der Waals surface area contributed by atoms with Gasteiger partial charge in [-0.1, -0.05) is 0 Å². The van der Waals surface area contributed by atoms with Crippen LogP contribution in [0.2, 0.25) is 0 Å². The minimum atomic E-state index is -3.29. The molecule has 0 saturated carbocycles. The van der Waals surface area contributed by atoms with Crippen LogP contribution in [0.25, 0.3) is 0 Å². The molecule has 6 nitrogen and oxygen atoms in total. The molecule has 22 heavy (non-hydrogen) atoms. The van der Waals surface area contributed by atoms with Crippen molar-refractivity contribution in [1.29, 1.82) is 0 Å². The van der Waals surface area contributed by atoms with E-state index in [-0.39, 0.29) is 22.0 Å². The Morgan fingerprint density at radius 3 is 2.36 bits per heavy atom. The fourth-order valence-corrected chi connectivity index (χ4v) is 2.42. The molecule has 1 aromatic carbocycles. The zero-order valence-electron chi connectivity index (χ0n) is 11.9. The maximum Gasteiger partial charge on any atom is 0.252 e. The summed E-state index contributed by atoms with van der Waals surface area (Å²) in [5.41, 5.74) is 5.72. The van der Waals surface area contributed by atoms with Crippen LogP contribution in [-0.2, 0) is 9.84 Å². The number of nitrogens with one attached hydrogen (secondary N) is 1. The number of rotatable bonds is 4. The number of nitrogens with zero attached hydrogens (tertiary/aromatic N) is 1. The number of hydrogen-bond acceptors (Lipinski definition) is 5. The highest BCUT2D eigenvalue weighted by Gasteiger charge is 2.14. The van der Waals surface area contributed by atoms with Crippen molar-refractivity contribution in [2.24, 2.45) is 5.73 Å². The first-order valence-corrected chi connectivity index (χ1v) is 8.11. The number of pyridine rings is 1. The van der Waals surface area contributed by atoms with Gasteiger partial charge in [-0.15, -0.1) is 0 Å². The average Bonchev–Trinajstić information content (AvgIpc) is 2.42. The third-order valence-electron chi connectivity index (χ3n) is 2.96. The maximum absolute atomic E-state index is 13.5. The second kappa shape index (κ2) is 5.72. The molecule has 0 aliphatic heterocycles. The normalized spacial score (nSPS) is 11.2. The van der Waals surface area contributed by atoms with Crippen LogP contribution >= 0.6 is 0 Å². The summed E-state index contributed by atoms with van der Waals surface area (Å²) in [6.45, 7) is 1.46. The van der Waals surface area contributed by atoms with Crippen molar-refractivity contribution in [2.75, 3.05) is 11.6 Å². The lowest BCUT2D eigenvalue weighted by Gasteiger charge is -2.11. The van der Waals surface area contributed by atoms with Crippen molar-refractivity contribution < 1.29 is 17.6 Å². The Morgan fingerprint density at radius 2 is 1.86 bits per heavy atom. The maximum atomic E-state index is 13.5. The van der Waals surface area contributed by atoms with Gasteiger partial charge in [0.15, 0.2) is 9.84 Å². The Bertz CT molecular complexity index is 833. The molecule has 0 bridgehead atoms. The van der Waals surface area contributed by atoms with Gasteiger partial charge in [0.2, 0.25) is 0 Å². The molecule has 1 amide bonds. The van der Waals surface area contributed by atoms with Gasteiger partial charge in [0.1, 0.15) is 11.6 Å². The molecule has 2 rings (SSSR count). The minimum absolute atomic E-state index is 0.0877. The van der Waals surface area contributed by atoms with Crippen molar-refractivity contribution in [3.63, 3.8) is 0 Å². The van der Waals surface area contributed by atoms with Crippen molar-refractivity contribution >= 4 is 27.2 Å². The predicted molar refractivity (Wildman–Crippen MR) is 80.3 cm³/mol. The Balaban J connectivity index is 2.39. The van der Waals surface area contributed by atoms with Crippen LogP contribution in [0.4, 0.5) is 15.9 Å². The van der Waals surface area contributed by atoms with Gasteiger partial charge in [-0.05, 0) is 37.3 Å². The van der Waals surface area contributed by atoms with Crippen LogP contribution in [0.15, 0.2) is 35.2 Å². The van der Waals surface area contributed by atoms with E-state index in [1.807, 2.05) is 0 Å². The topological polar surface area (TPSA) is 102 Å². The van der Waals surface area contributed by atoms with Crippen molar-refractivity contribution in [1.82, 2.24) is 4.98 Å². The smallest absolute Gasteiger partial charge is 0.252 e. The zero-order chi connectivity index (χ0) is 16.5. The summed E-state index contributed by atoms with van der Waals surface area (Å²) in [5, 5.41) is 2.83. The standard InChI is InChI=1S/C14H14FN3O3S/c1-8-12(15)7-11(13(16)19)14(17-8)18-9-3-5-10(6-4-9)22(2,20)21/h3-7H,1-2H3,(H2,16,19)(H,17,18). The Labute approximate surface area is 127 Å². The largest absolute Gasteiger partial charge is 0.365 e. The van der Waals surface area contributed by atoms with Crippen molar-refractivity contribution in [3.05, 3.63) is 47.4 Å². The molecule has 0 aliphatic carbocycles. The fourth-order valence-electron chi connectivity index (χ4n) is 1.79. The van der Waals surface area contributed by atoms with Crippen LogP contribution in [0.1, 0.15) is 16.1 Å². The molecule has 0 saturated heterocycles. The Hall–Kier alpha value is -2.48. The van der Waals surface area contributed by atoms with Crippen LogP contribution in [0, 0.1) is 12.7 Å². The summed E-state index contributed by atoms with van der Waals surface area (Å²) >= 11 is 0. The molecule has 116 valence electrons. The van der Waals surface area contributed by atoms with Crippen LogP contribution in [-0.4, -0.2) is 25.6 Å². The number of anilines is 2. The lowest BCUT2D eigenvalue weighted by molar-refractivity contribution is 0.100. The molecule has 1 heterocycles. The molecule has 0 radical (unpaired) electrons. The van der Waals surface area contributed by atoms with E-state index < -0.39 is 21.6 Å². The van der Waals surface area contributed by atoms with E-state index in [1.165, 1.54) is 31.2 Å². The number of halogens is 1. The number of amides is 1. The quantitative estimate of drug-likeness (QED) is 0.893. The van der Waals surface area contributed by atoms with Gasteiger partial charge in [0.05, 0.1) is 16.2 Å². The summed E-state index contributed by atoms with van der Waals surface area (Å²) in [7, 11) is -3.29. The molecule has 0 aliphatic rings. The fraction of sp³-hybridized carbons (Fsp3) is 0.143. The van der Waals surface area contributed by atoms with Gasteiger partial charge >= 0.3 is 0 Å². The predicted octanol–water partition coefficient (Wildman–Crippen LogP) is 1.78. The summed E-state index contributed by atoms with van der Waals surface area (Å²) in [6.07, 6.45) is 1.10. The average molecular weight is 323 g/mol. The van der Waals surface area contributed by atoms with Crippen molar-refractivity contribution in [3.8, 4) is 0 Å². The molecular weight excluding hydrogens is 309 g/mol. The lowest BCUT2D eigenvalue weighted by Crippen LogP contribution is -2.15. The van der Waals surface area contributed by atoms with Crippen LogP contribution in [0.5, 0.6) is 0 Å². The Morgan fingerprint density at radius 1 is 1.27 bits per heavy atom. The molecule has 2 aromatic rings. The highest BCUT2D eigenvalue weighted by atomic mass is 32.2. The SMILES string of the molecule is Cc1nc(Nc2ccc(S(C)(=O)=O)cc2)c(C(N)=O)cc1F. The summed E-state index contributed by atoms with van der Waals surface area (Å²) in [4.78, 5) is 15.5. The van der Waals surface area contributed by atoms with E-state index in [4.69, 9.17) is 5.73 Å². The summed E-state index contributed by atoms with van der Waals surface area (Å²) < 4.78 is 36.3. The molecular formula is C14H14FN3O3S. The summed E-state index contributed by atoms with van der Waals surface area (Å²) in [5.74, 6) is -1.34. The van der Waals surface area contributed by atoms with Gasteiger partial charge in [-0.2, -0.15) is 0 Å². The molecule has 1 aromatic heterocycles. The molecule has 0 spiro atoms. The van der Waals surface area contributed by atoms with Crippen molar-refractivity contribution in [2.45, 2.75) is 11.8 Å². The van der Waals surface area contributed by atoms with E-state index in [0.29, 0.717) is 5.69 Å². The molecule has 0 fully saturated rings. The van der Waals surface area contributed by atoms with E-state index in [0.717, 1.165) is 12.3 Å². The van der Waals surface area contributed by atoms with E-state index in [1.54, 1.807) is 0 Å². The number of nitrogens with two attached hydrogens (primary N) is 1. The third kappa shape index (κ3) is 3.40. The van der Waals surface area contributed by atoms with E-state index >= 15 is 0 Å². The first-order chi connectivity index (χ1) is 10.2. The summed E-state index contributed by atoms with van der Waals surface area (Å²) in [6, 6.07) is 6.87. The molecule has 8 heteroatoms. The highest BCUT2D eigenvalue weighted by Crippen LogP contribution is 2.22. The number of carbonyl (C=O) groups is 1. The van der Waals surface area contributed by atoms with Gasteiger partial charge < -0.3 is 11.1 Å². The number of aromatic nitrogens is 1. The van der Waals surface area contributed by atoms with Crippen LogP contribution < -0.4 is 11.1 Å². The van der Waals surface area contributed by atoms with Gasteiger partial charge in [-0.3, -0.25) is 4.79 Å². The highest BCUT2D eigenvalue weighted by molar-refractivity contribution is 7.90. The molecule has 0 atom stereocenters. The number of carbonyl (C=O) groups excluding carboxylic acids is 1. The van der Waals surface area contributed by atoms with E-state index in [2.05, 4.69) is 10.3 Å². The minimum Gasteiger partial charge on any atom is -0.365 e. The third-order valence-corrected chi connectivity index (χ3v) is 4.09. The number of sulfone groups is 1. The van der Waals surface area contributed by atoms with E-state index in [9.17, 15) is 17.6 Å². The monoisotopic (exact) mass is 323 g/mol. The number of aryl methyl sites for hydroxylation is 1. The first-order valence-electron chi connectivity index (χ1n) is 6.22. The lowest BCUT2D eigenvalue weighted by atomic mass is 10.2. The second-order valence-electron chi connectivity index (χ2n) is 4.74. The van der Waals surface area contributed by atoms with Gasteiger partial charge in [0.25, 0.3) is 5.91 Å². The van der Waals surface area contributed by atoms with Gasteiger partial charge in [-0.25, -0.2) is 17.8 Å². The van der Waals surface area contributed by atoms with Gasteiger partial charge in [0, 0.05) is 11.9 Å². The molecule has 3 N–H and O–H groups in total. The number of benzene rings is 1. The zero-order valence-corrected chi connectivity index (χ0v) is 12.7. The number of hydrogen-bond donors (Lipinski definition) is 2. The second-order valence-corrected chi connectivity index (χ2v) is 6.75. The number of primary amides is 1. The Kier molecular flexibility index (Phi) is 4.14. The molecule has 0 unspecified atom stereocenters.